The summed E-state index contributed by atoms with van der Waals surface area (Å²) in [6.07, 6.45) is 0.664. The van der Waals surface area contributed by atoms with Crippen LogP contribution >= 0.6 is 0 Å². The number of aliphatic hydroxyl groups is 1. The summed E-state index contributed by atoms with van der Waals surface area (Å²) in [7, 11) is -3.42. The Morgan fingerprint density at radius 1 is 1.10 bits per heavy atom. The Morgan fingerprint density at radius 3 is 2.39 bits per heavy atom. The van der Waals surface area contributed by atoms with E-state index in [1.165, 1.54) is 11.8 Å². The Hall–Kier alpha value is -3.42. The van der Waals surface area contributed by atoms with Gasteiger partial charge >= 0.3 is 0 Å². The lowest BCUT2D eigenvalue weighted by atomic mass is 9.81. The van der Waals surface area contributed by atoms with Gasteiger partial charge in [0.2, 0.25) is 17.7 Å². The highest BCUT2D eigenvalue weighted by molar-refractivity contribution is 7.92. The monoisotopic (exact) mass is 704 g/mol. The SMILES string of the molecule is CCCS(=O)(=O)[C@@H]1CN[C@@H]([C@@H](O)[C@H](Cc2cc(F)cc(F)c2)NC(=O)[C@H](CCc2ccccc2)N2CC[C@](NC(C)=O)(C(C)CC)C2=O)C1. The first kappa shape index (κ1) is 38.4. The van der Waals surface area contributed by atoms with Crippen molar-refractivity contribution in [3.05, 3.63) is 71.3 Å². The number of aryl methyl sites for hydroxylation is 1. The number of sulfone groups is 1. The number of amides is 3. The highest BCUT2D eigenvalue weighted by Crippen LogP contribution is 2.35. The van der Waals surface area contributed by atoms with Crippen molar-refractivity contribution in [1.82, 2.24) is 20.9 Å². The highest BCUT2D eigenvalue weighted by Gasteiger charge is 2.53. The van der Waals surface area contributed by atoms with E-state index in [9.17, 15) is 36.7 Å². The van der Waals surface area contributed by atoms with Gasteiger partial charge in [-0.25, -0.2) is 17.2 Å². The molecule has 2 aromatic carbocycles. The van der Waals surface area contributed by atoms with E-state index in [0.717, 1.165) is 23.8 Å². The molecule has 0 bridgehead atoms. The Kier molecular flexibility index (Phi) is 12.9. The van der Waals surface area contributed by atoms with Crippen LogP contribution in [-0.2, 0) is 37.1 Å². The summed E-state index contributed by atoms with van der Waals surface area (Å²) in [5, 5.41) is 19.8. The van der Waals surface area contributed by atoms with Crippen molar-refractivity contribution in [2.75, 3.05) is 18.8 Å². The number of nitrogens with zero attached hydrogens (tertiary/aromatic N) is 1. The fourth-order valence-corrected chi connectivity index (χ4v) is 9.06. The van der Waals surface area contributed by atoms with Gasteiger partial charge in [0, 0.05) is 32.1 Å². The van der Waals surface area contributed by atoms with Crippen molar-refractivity contribution in [2.24, 2.45) is 5.92 Å². The summed E-state index contributed by atoms with van der Waals surface area (Å²) in [6, 6.07) is 9.62. The second-order valence-corrected chi connectivity index (χ2v) is 16.0. The third-order valence-electron chi connectivity index (χ3n) is 10.1. The molecule has 13 heteroatoms. The first-order chi connectivity index (χ1) is 23.2. The van der Waals surface area contributed by atoms with E-state index in [1.807, 2.05) is 44.2 Å². The van der Waals surface area contributed by atoms with Crippen LogP contribution in [0.1, 0.15) is 70.9 Å². The van der Waals surface area contributed by atoms with Gasteiger partial charge in [-0.2, -0.15) is 0 Å². The minimum absolute atomic E-state index is 0.00841. The molecule has 49 heavy (non-hydrogen) atoms. The normalized spacial score (nSPS) is 23.6. The van der Waals surface area contributed by atoms with Crippen LogP contribution < -0.4 is 16.0 Å². The fraction of sp³-hybridized carbons (Fsp3) is 0.583. The summed E-state index contributed by atoms with van der Waals surface area (Å²) in [5.74, 6) is -3.13. The molecule has 0 aliphatic carbocycles. The van der Waals surface area contributed by atoms with Crippen molar-refractivity contribution >= 4 is 27.6 Å². The minimum Gasteiger partial charge on any atom is -0.389 e. The molecule has 2 aliphatic rings. The third-order valence-corrected chi connectivity index (χ3v) is 12.5. The van der Waals surface area contributed by atoms with Crippen molar-refractivity contribution < 1.29 is 36.7 Å². The molecule has 2 saturated heterocycles. The van der Waals surface area contributed by atoms with Gasteiger partial charge in [0.05, 0.1) is 23.1 Å². The molecule has 3 amide bonds. The van der Waals surface area contributed by atoms with Gasteiger partial charge < -0.3 is 26.0 Å². The second-order valence-electron chi connectivity index (χ2n) is 13.6. The van der Waals surface area contributed by atoms with Crippen LogP contribution in [-0.4, -0.2) is 90.0 Å². The Labute approximate surface area is 288 Å². The average molecular weight is 705 g/mol. The molecule has 4 N–H and O–H groups in total. The Morgan fingerprint density at radius 2 is 1.78 bits per heavy atom. The van der Waals surface area contributed by atoms with Gasteiger partial charge in [0.1, 0.15) is 23.2 Å². The molecule has 0 radical (unpaired) electrons. The van der Waals surface area contributed by atoms with Crippen LogP contribution in [0.5, 0.6) is 0 Å². The van der Waals surface area contributed by atoms with E-state index >= 15 is 0 Å². The van der Waals surface area contributed by atoms with Crippen LogP contribution in [0.25, 0.3) is 0 Å². The lowest BCUT2D eigenvalue weighted by molar-refractivity contribution is -0.144. The molecule has 270 valence electrons. The predicted molar refractivity (Wildman–Crippen MR) is 183 cm³/mol. The van der Waals surface area contributed by atoms with E-state index in [1.54, 1.807) is 6.92 Å². The van der Waals surface area contributed by atoms with E-state index < -0.39 is 62.4 Å². The van der Waals surface area contributed by atoms with E-state index in [4.69, 9.17) is 0 Å². The number of rotatable bonds is 16. The molecule has 10 nitrogen and oxygen atoms in total. The van der Waals surface area contributed by atoms with Crippen LogP contribution in [0.2, 0.25) is 0 Å². The van der Waals surface area contributed by atoms with Crippen molar-refractivity contribution in [3.8, 4) is 0 Å². The number of aliphatic hydroxyl groups excluding tert-OH is 1. The summed E-state index contributed by atoms with van der Waals surface area (Å²) >= 11 is 0. The lowest BCUT2D eigenvalue weighted by Crippen LogP contribution is -2.61. The molecule has 4 rings (SSSR count). The maximum Gasteiger partial charge on any atom is 0.249 e. The van der Waals surface area contributed by atoms with Gasteiger partial charge in [-0.05, 0) is 67.7 Å². The number of hydrogen-bond donors (Lipinski definition) is 4. The molecule has 7 atom stereocenters. The Balaban J connectivity index is 1.66. The largest absolute Gasteiger partial charge is 0.389 e. The summed E-state index contributed by atoms with van der Waals surface area (Å²) in [4.78, 5) is 42.4. The smallest absolute Gasteiger partial charge is 0.249 e. The number of likely N-dealkylation sites (tertiary alicyclic amines) is 1. The molecular weight excluding hydrogens is 654 g/mol. The predicted octanol–water partition coefficient (Wildman–Crippen LogP) is 3.06. The summed E-state index contributed by atoms with van der Waals surface area (Å²) in [6.45, 7) is 7.29. The maximum atomic E-state index is 14.4. The van der Waals surface area contributed by atoms with E-state index in [2.05, 4.69) is 16.0 Å². The van der Waals surface area contributed by atoms with Gasteiger partial charge in [0.15, 0.2) is 9.84 Å². The van der Waals surface area contributed by atoms with Gasteiger partial charge in [-0.15, -0.1) is 0 Å². The van der Waals surface area contributed by atoms with Gasteiger partial charge in [-0.3, -0.25) is 14.4 Å². The first-order valence-electron chi connectivity index (χ1n) is 17.2. The van der Waals surface area contributed by atoms with Crippen LogP contribution in [0.4, 0.5) is 8.78 Å². The average Bonchev–Trinajstić information content (AvgIpc) is 3.67. The number of carbonyl (C=O) groups is 3. The molecule has 2 aromatic rings. The van der Waals surface area contributed by atoms with E-state index in [-0.39, 0.29) is 61.4 Å². The number of hydrogen-bond acceptors (Lipinski definition) is 7. The summed E-state index contributed by atoms with van der Waals surface area (Å²) in [5.41, 5.74) is -0.0470. The van der Waals surface area contributed by atoms with Gasteiger partial charge in [0.25, 0.3) is 0 Å². The standard InChI is InChI=1S/C36H50F2N4O6S/c1-5-16-49(47,48)29-21-30(39-22-29)33(44)31(19-26-17-27(37)20-28(38)18-26)40-34(45)32(13-12-25-10-8-7-9-11-25)42-15-14-36(35(42)46,23(3)6-2)41-24(4)43/h7-11,17-18,20,23,29-33,39,44H,5-6,12-16,19,21-22H2,1-4H3,(H,40,45)(H,41,43)/t23?,29-,30+,31-,32-,33+,36-/m0/s1. The number of halogens is 2. The molecular formula is C36H50F2N4O6S. The molecule has 2 heterocycles. The molecule has 0 saturated carbocycles. The van der Waals surface area contributed by atoms with Crippen molar-refractivity contribution in [3.63, 3.8) is 0 Å². The first-order valence-corrected chi connectivity index (χ1v) is 18.9. The second kappa shape index (κ2) is 16.5. The molecule has 2 fully saturated rings. The molecule has 2 aliphatic heterocycles. The fourth-order valence-electron chi connectivity index (χ4n) is 7.31. The van der Waals surface area contributed by atoms with Crippen molar-refractivity contribution in [1.29, 1.82) is 0 Å². The quantitative estimate of drug-likeness (QED) is 0.210. The number of nitrogens with one attached hydrogen (secondary N) is 3. The zero-order valence-electron chi connectivity index (χ0n) is 28.8. The highest BCUT2D eigenvalue weighted by atomic mass is 32.2. The summed E-state index contributed by atoms with van der Waals surface area (Å²) < 4.78 is 54.1. The van der Waals surface area contributed by atoms with Crippen LogP contribution in [0.15, 0.2) is 48.5 Å². The van der Waals surface area contributed by atoms with Gasteiger partial charge in [-0.1, -0.05) is 57.5 Å². The molecule has 0 aromatic heterocycles. The lowest BCUT2D eigenvalue weighted by Gasteiger charge is -2.36. The zero-order valence-corrected chi connectivity index (χ0v) is 29.6. The molecule has 1 unspecified atom stereocenters. The topological polar surface area (TPSA) is 145 Å². The third kappa shape index (κ3) is 9.23. The number of benzene rings is 2. The van der Waals surface area contributed by atoms with Crippen LogP contribution in [0, 0.1) is 17.6 Å². The van der Waals surface area contributed by atoms with Crippen molar-refractivity contribution in [2.45, 2.75) is 108 Å². The Bertz CT molecular complexity index is 1560. The maximum absolute atomic E-state index is 14.4. The molecule has 0 spiro atoms. The minimum atomic E-state index is -3.42. The van der Waals surface area contributed by atoms with E-state index in [0.29, 0.717) is 25.7 Å². The van der Waals surface area contributed by atoms with Crippen LogP contribution in [0.3, 0.4) is 0 Å². The number of carbonyl (C=O) groups excluding carboxylic acids is 3. The zero-order chi connectivity index (χ0) is 35.9.